The Kier molecular flexibility index (Phi) is 5.38. The molecule has 0 spiro atoms. The van der Waals surface area contributed by atoms with E-state index in [1.165, 1.54) is 5.56 Å². The summed E-state index contributed by atoms with van der Waals surface area (Å²) in [6.45, 7) is 4.67. The molecule has 0 aliphatic carbocycles. The number of benzene rings is 2. The summed E-state index contributed by atoms with van der Waals surface area (Å²) in [5.74, 6) is 0.526. The van der Waals surface area contributed by atoms with Crippen molar-refractivity contribution in [2.75, 3.05) is 6.61 Å². The van der Waals surface area contributed by atoms with Crippen molar-refractivity contribution in [1.29, 1.82) is 0 Å². The van der Waals surface area contributed by atoms with E-state index in [0.29, 0.717) is 13.2 Å². The first-order valence-corrected chi connectivity index (χ1v) is 7.05. The Morgan fingerprint density at radius 2 is 1.71 bits per heavy atom. The van der Waals surface area contributed by atoms with Gasteiger partial charge in [-0.15, -0.1) is 0 Å². The van der Waals surface area contributed by atoms with E-state index in [1.54, 1.807) is 0 Å². The highest BCUT2D eigenvalue weighted by Crippen LogP contribution is 2.12. The largest absolute Gasteiger partial charge is 0.493 e. The predicted octanol–water partition coefficient (Wildman–Crippen LogP) is 3.82. The van der Waals surface area contributed by atoms with Crippen LogP contribution in [0.15, 0.2) is 48.5 Å². The second kappa shape index (κ2) is 7.48. The van der Waals surface area contributed by atoms with Gasteiger partial charge in [0.2, 0.25) is 0 Å². The molecule has 3 heteroatoms. The van der Waals surface area contributed by atoms with Crippen molar-refractivity contribution in [3.63, 3.8) is 0 Å². The second-order valence-electron chi connectivity index (χ2n) is 5.00. The van der Waals surface area contributed by atoms with E-state index in [2.05, 4.69) is 0 Å². The Morgan fingerprint density at radius 1 is 1.00 bits per heavy atom. The lowest BCUT2D eigenvalue weighted by atomic mass is 10.1. The third kappa shape index (κ3) is 4.95. The van der Waals surface area contributed by atoms with E-state index < -0.39 is 0 Å². The average molecular weight is 284 g/mol. The van der Waals surface area contributed by atoms with E-state index >= 15 is 0 Å². The second-order valence-corrected chi connectivity index (χ2v) is 5.00. The van der Waals surface area contributed by atoms with E-state index in [4.69, 9.17) is 9.47 Å². The molecule has 0 fully saturated rings. The Morgan fingerprint density at radius 3 is 2.43 bits per heavy atom. The molecule has 0 amide bonds. The quantitative estimate of drug-likeness (QED) is 0.757. The van der Waals surface area contributed by atoms with Crippen LogP contribution in [-0.4, -0.2) is 12.6 Å². The van der Waals surface area contributed by atoms with Gasteiger partial charge in [-0.1, -0.05) is 42.0 Å². The first-order valence-electron chi connectivity index (χ1n) is 7.05. The standard InChI is InChI=1S/C18H20O3/c1-14-7-9-17(10-8-14)20-12-11-18(19)21-13-16-6-4-3-5-15(16)2/h3-10H,11-13H2,1-2H3. The molecule has 110 valence electrons. The molecule has 3 nitrogen and oxygen atoms in total. The summed E-state index contributed by atoms with van der Waals surface area (Å²) in [7, 11) is 0. The number of esters is 1. The number of hydrogen-bond donors (Lipinski definition) is 0. The molecule has 0 radical (unpaired) electrons. The zero-order valence-electron chi connectivity index (χ0n) is 12.5. The number of hydrogen-bond acceptors (Lipinski definition) is 3. The van der Waals surface area contributed by atoms with E-state index in [0.717, 1.165) is 16.9 Å². The van der Waals surface area contributed by atoms with Gasteiger partial charge in [0.25, 0.3) is 0 Å². The summed E-state index contributed by atoms with van der Waals surface area (Å²) in [5.41, 5.74) is 3.34. The molecule has 0 saturated heterocycles. The first kappa shape index (κ1) is 15.1. The molecule has 0 saturated carbocycles. The van der Waals surface area contributed by atoms with Crippen LogP contribution < -0.4 is 4.74 Å². The first-order chi connectivity index (χ1) is 10.1. The van der Waals surface area contributed by atoms with Crippen LogP contribution >= 0.6 is 0 Å². The minimum atomic E-state index is -0.245. The van der Waals surface area contributed by atoms with Gasteiger partial charge in [0.05, 0.1) is 13.0 Å². The Labute approximate surface area is 125 Å². The summed E-state index contributed by atoms with van der Waals surface area (Å²) in [4.78, 5) is 11.7. The third-order valence-corrected chi connectivity index (χ3v) is 3.25. The fraction of sp³-hybridized carbons (Fsp3) is 0.278. The van der Waals surface area contributed by atoms with Crippen LogP contribution in [0, 0.1) is 13.8 Å². The van der Waals surface area contributed by atoms with Gasteiger partial charge < -0.3 is 9.47 Å². The monoisotopic (exact) mass is 284 g/mol. The molecular formula is C18H20O3. The summed E-state index contributed by atoms with van der Waals surface area (Å²) in [6, 6.07) is 15.6. The topological polar surface area (TPSA) is 35.5 Å². The molecule has 0 aliphatic heterocycles. The molecule has 2 aromatic carbocycles. The van der Waals surface area contributed by atoms with E-state index in [-0.39, 0.29) is 12.4 Å². The summed E-state index contributed by atoms with van der Waals surface area (Å²) in [5, 5.41) is 0. The zero-order valence-corrected chi connectivity index (χ0v) is 12.5. The van der Waals surface area contributed by atoms with Crippen LogP contribution in [0.3, 0.4) is 0 Å². The van der Waals surface area contributed by atoms with Gasteiger partial charge in [-0.25, -0.2) is 0 Å². The highest BCUT2D eigenvalue weighted by molar-refractivity contribution is 5.69. The normalized spacial score (nSPS) is 10.2. The molecular weight excluding hydrogens is 264 g/mol. The van der Waals surface area contributed by atoms with Crippen LogP contribution in [0.4, 0.5) is 0 Å². The molecule has 0 atom stereocenters. The summed E-state index contributed by atoms with van der Waals surface area (Å²) in [6.07, 6.45) is 0.250. The highest BCUT2D eigenvalue weighted by Gasteiger charge is 2.05. The van der Waals surface area contributed by atoms with Crippen molar-refractivity contribution in [3.05, 3.63) is 65.2 Å². The van der Waals surface area contributed by atoms with Crippen molar-refractivity contribution in [1.82, 2.24) is 0 Å². The zero-order chi connectivity index (χ0) is 15.1. The van der Waals surface area contributed by atoms with Crippen molar-refractivity contribution >= 4 is 5.97 Å². The number of carbonyl (C=O) groups is 1. The molecule has 0 bridgehead atoms. The van der Waals surface area contributed by atoms with E-state index in [9.17, 15) is 4.79 Å². The maximum absolute atomic E-state index is 11.7. The van der Waals surface area contributed by atoms with Crippen LogP contribution in [0.5, 0.6) is 5.75 Å². The Balaban J connectivity index is 1.70. The lowest BCUT2D eigenvalue weighted by Gasteiger charge is -2.08. The predicted molar refractivity (Wildman–Crippen MR) is 82.3 cm³/mol. The smallest absolute Gasteiger partial charge is 0.309 e. The van der Waals surface area contributed by atoms with Crippen molar-refractivity contribution < 1.29 is 14.3 Å². The lowest BCUT2D eigenvalue weighted by Crippen LogP contribution is -2.10. The number of aryl methyl sites for hydroxylation is 2. The van der Waals surface area contributed by atoms with Gasteiger partial charge in [0.1, 0.15) is 12.4 Å². The number of ether oxygens (including phenoxy) is 2. The minimum absolute atomic E-state index is 0.245. The van der Waals surface area contributed by atoms with Gasteiger partial charge in [0, 0.05) is 0 Å². The summed E-state index contributed by atoms with van der Waals surface area (Å²) < 4.78 is 10.8. The van der Waals surface area contributed by atoms with Crippen molar-refractivity contribution in [3.8, 4) is 5.75 Å². The molecule has 0 heterocycles. The fourth-order valence-electron chi connectivity index (χ4n) is 1.89. The fourth-order valence-corrected chi connectivity index (χ4v) is 1.89. The maximum atomic E-state index is 11.7. The van der Waals surface area contributed by atoms with Crippen LogP contribution in [0.2, 0.25) is 0 Å². The Bertz CT molecular complexity index is 588. The summed E-state index contributed by atoms with van der Waals surface area (Å²) >= 11 is 0. The number of rotatable bonds is 6. The van der Waals surface area contributed by atoms with Gasteiger partial charge >= 0.3 is 5.97 Å². The molecule has 0 aromatic heterocycles. The molecule has 0 N–H and O–H groups in total. The van der Waals surface area contributed by atoms with Gasteiger partial charge in [-0.3, -0.25) is 4.79 Å². The minimum Gasteiger partial charge on any atom is -0.493 e. The van der Waals surface area contributed by atoms with Crippen molar-refractivity contribution in [2.45, 2.75) is 26.9 Å². The molecule has 2 rings (SSSR count). The van der Waals surface area contributed by atoms with Crippen LogP contribution in [0.25, 0.3) is 0 Å². The lowest BCUT2D eigenvalue weighted by molar-refractivity contribution is -0.145. The van der Waals surface area contributed by atoms with Gasteiger partial charge in [-0.05, 0) is 37.1 Å². The van der Waals surface area contributed by atoms with E-state index in [1.807, 2.05) is 62.4 Å². The molecule has 2 aromatic rings. The van der Waals surface area contributed by atoms with Gasteiger partial charge in [-0.2, -0.15) is 0 Å². The molecule has 0 aliphatic rings. The Hall–Kier alpha value is -2.29. The van der Waals surface area contributed by atoms with Gasteiger partial charge in [0.15, 0.2) is 0 Å². The molecule has 0 unspecified atom stereocenters. The number of carbonyl (C=O) groups excluding carboxylic acids is 1. The highest BCUT2D eigenvalue weighted by atomic mass is 16.5. The molecule has 21 heavy (non-hydrogen) atoms. The maximum Gasteiger partial charge on any atom is 0.309 e. The van der Waals surface area contributed by atoms with Crippen LogP contribution in [-0.2, 0) is 16.1 Å². The SMILES string of the molecule is Cc1ccc(OCCC(=O)OCc2ccccc2C)cc1. The third-order valence-electron chi connectivity index (χ3n) is 3.25. The van der Waals surface area contributed by atoms with Crippen LogP contribution in [0.1, 0.15) is 23.1 Å². The van der Waals surface area contributed by atoms with Crippen molar-refractivity contribution in [2.24, 2.45) is 0 Å². The average Bonchev–Trinajstić information content (AvgIpc) is 2.48.